The fourth-order valence-electron chi connectivity index (χ4n) is 3.68. The number of carbonyl (C=O) groups is 1. The fourth-order valence-corrected chi connectivity index (χ4v) is 3.68. The van der Waals surface area contributed by atoms with Crippen molar-refractivity contribution >= 4 is 17.4 Å². The van der Waals surface area contributed by atoms with Gasteiger partial charge in [-0.3, -0.25) is 14.3 Å². The van der Waals surface area contributed by atoms with Crippen molar-refractivity contribution in [1.82, 2.24) is 35.1 Å². The number of amides is 1. The number of carbonyl (C=O) groups excluding carboxylic acids is 1. The van der Waals surface area contributed by atoms with Crippen LogP contribution in [0.2, 0.25) is 0 Å². The minimum absolute atomic E-state index is 0.0250. The maximum absolute atomic E-state index is 12.7. The molecule has 2 N–H and O–H groups in total. The zero-order valence-corrected chi connectivity index (χ0v) is 15.9. The number of aromatic nitrogens is 6. The number of H-pyrrole nitrogens is 1. The van der Waals surface area contributed by atoms with Gasteiger partial charge in [0.1, 0.15) is 11.5 Å². The first-order valence-corrected chi connectivity index (χ1v) is 9.52. The van der Waals surface area contributed by atoms with Crippen LogP contribution in [0.4, 0.5) is 5.82 Å². The van der Waals surface area contributed by atoms with Crippen LogP contribution < -0.4 is 10.2 Å². The molecule has 1 atom stereocenters. The first kappa shape index (κ1) is 17.4. The molecule has 1 fully saturated rings. The van der Waals surface area contributed by atoms with Crippen LogP contribution in [-0.2, 0) is 0 Å². The van der Waals surface area contributed by atoms with E-state index in [1.54, 1.807) is 12.3 Å². The summed E-state index contributed by atoms with van der Waals surface area (Å²) in [5.74, 6) is 1.45. The van der Waals surface area contributed by atoms with Crippen LogP contribution in [0.1, 0.15) is 22.7 Å². The minimum Gasteiger partial charge on any atom is -0.351 e. The predicted octanol–water partition coefficient (Wildman–Crippen LogP) is 1.83. The highest BCUT2D eigenvalue weighted by atomic mass is 16.2. The number of aryl methyl sites for hydroxylation is 1. The van der Waals surface area contributed by atoms with E-state index in [1.807, 2.05) is 47.9 Å². The predicted molar refractivity (Wildman–Crippen MR) is 108 cm³/mol. The van der Waals surface area contributed by atoms with Crippen molar-refractivity contribution in [1.29, 1.82) is 0 Å². The van der Waals surface area contributed by atoms with Crippen molar-refractivity contribution in [3.8, 4) is 11.3 Å². The number of nitrogens with zero attached hydrogens (tertiary/aromatic N) is 6. The topological polar surface area (TPSA) is 104 Å². The van der Waals surface area contributed by atoms with E-state index in [1.165, 1.54) is 0 Å². The maximum Gasteiger partial charge on any atom is 0.269 e. The SMILES string of the molecule is Cc1nnc2c(N3CC[C@H](NC(=O)c4cc(-c5ccccc5)n[nH]4)C3)nccn12. The summed E-state index contributed by atoms with van der Waals surface area (Å²) in [6.07, 6.45) is 4.44. The van der Waals surface area contributed by atoms with E-state index in [9.17, 15) is 4.79 Å². The Bertz CT molecular complexity index is 1170. The number of rotatable bonds is 4. The first-order chi connectivity index (χ1) is 14.2. The molecule has 0 unspecified atom stereocenters. The zero-order chi connectivity index (χ0) is 19.8. The van der Waals surface area contributed by atoms with E-state index < -0.39 is 0 Å². The molecule has 146 valence electrons. The summed E-state index contributed by atoms with van der Waals surface area (Å²) >= 11 is 0. The van der Waals surface area contributed by atoms with Crippen LogP contribution in [0, 0.1) is 6.92 Å². The smallest absolute Gasteiger partial charge is 0.269 e. The molecule has 9 nitrogen and oxygen atoms in total. The van der Waals surface area contributed by atoms with Crippen molar-refractivity contribution in [3.63, 3.8) is 0 Å². The Kier molecular flexibility index (Phi) is 4.19. The molecule has 9 heteroatoms. The molecule has 0 aliphatic carbocycles. The summed E-state index contributed by atoms with van der Waals surface area (Å²) in [6.45, 7) is 3.37. The van der Waals surface area contributed by atoms with Crippen molar-refractivity contribution in [3.05, 3.63) is 60.3 Å². The van der Waals surface area contributed by atoms with Gasteiger partial charge in [0.15, 0.2) is 5.82 Å². The molecule has 1 aliphatic rings. The summed E-state index contributed by atoms with van der Waals surface area (Å²) in [4.78, 5) is 19.3. The van der Waals surface area contributed by atoms with Gasteiger partial charge in [-0.2, -0.15) is 5.10 Å². The second kappa shape index (κ2) is 7.01. The Morgan fingerprint density at radius 2 is 2.10 bits per heavy atom. The lowest BCUT2D eigenvalue weighted by Crippen LogP contribution is -2.37. The van der Waals surface area contributed by atoms with Gasteiger partial charge in [0, 0.05) is 37.1 Å². The average molecular weight is 388 g/mol. The molecule has 1 saturated heterocycles. The largest absolute Gasteiger partial charge is 0.351 e. The number of benzene rings is 1. The van der Waals surface area contributed by atoms with Gasteiger partial charge >= 0.3 is 0 Å². The number of hydrogen-bond donors (Lipinski definition) is 2. The molecular formula is C20H20N8O. The minimum atomic E-state index is -0.156. The number of fused-ring (bicyclic) bond motifs is 1. The molecule has 4 aromatic rings. The van der Waals surface area contributed by atoms with Gasteiger partial charge in [-0.05, 0) is 19.4 Å². The third-order valence-electron chi connectivity index (χ3n) is 5.19. The molecule has 0 saturated carbocycles. The van der Waals surface area contributed by atoms with Crippen LogP contribution in [-0.4, -0.2) is 54.8 Å². The quantitative estimate of drug-likeness (QED) is 0.553. The Hall–Kier alpha value is -3.75. The van der Waals surface area contributed by atoms with Crippen molar-refractivity contribution in [2.24, 2.45) is 0 Å². The molecule has 3 aromatic heterocycles. The third-order valence-corrected chi connectivity index (χ3v) is 5.19. The van der Waals surface area contributed by atoms with E-state index in [4.69, 9.17) is 0 Å². The Balaban J connectivity index is 1.28. The highest BCUT2D eigenvalue weighted by Crippen LogP contribution is 2.23. The van der Waals surface area contributed by atoms with Gasteiger partial charge in [-0.1, -0.05) is 30.3 Å². The zero-order valence-electron chi connectivity index (χ0n) is 15.9. The molecule has 1 aliphatic heterocycles. The molecule has 5 rings (SSSR count). The van der Waals surface area contributed by atoms with Crippen LogP contribution in [0.15, 0.2) is 48.8 Å². The van der Waals surface area contributed by atoms with Gasteiger partial charge in [0.2, 0.25) is 5.65 Å². The van der Waals surface area contributed by atoms with E-state index in [0.29, 0.717) is 12.2 Å². The Morgan fingerprint density at radius 1 is 1.24 bits per heavy atom. The Morgan fingerprint density at radius 3 is 2.97 bits per heavy atom. The molecule has 0 radical (unpaired) electrons. The fraction of sp³-hybridized carbons (Fsp3) is 0.250. The van der Waals surface area contributed by atoms with E-state index >= 15 is 0 Å². The summed E-state index contributed by atoms with van der Waals surface area (Å²) in [5, 5.41) is 18.5. The molecule has 4 heterocycles. The normalized spacial score (nSPS) is 16.4. The Labute approximate surface area is 166 Å². The van der Waals surface area contributed by atoms with Crippen molar-refractivity contribution < 1.29 is 4.79 Å². The lowest BCUT2D eigenvalue weighted by molar-refractivity contribution is 0.0935. The van der Waals surface area contributed by atoms with E-state index in [0.717, 1.165) is 41.5 Å². The summed E-state index contributed by atoms with van der Waals surface area (Å²) in [7, 11) is 0. The highest BCUT2D eigenvalue weighted by Gasteiger charge is 2.27. The third kappa shape index (κ3) is 3.20. The second-order valence-electron chi connectivity index (χ2n) is 7.13. The van der Waals surface area contributed by atoms with Crippen molar-refractivity contribution in [2.75, 3.05) is 18.0 Å². The number of hydrogen-bond acceptors (Lipinski definition) is 6. The molecular weight excluding hydrogens is 368 g/mol. The molecule has 0 spiro atoms. The van der Waals surface area contributed by atoms with Crippen molar-refractivity contribution in [2.45, 2.75) is 19.4 Å². The van der Waals surface area contributed by atoms with Crippen LogP contribution in [0.25, 0.3) is 16.9 Å². The molecule has 29 heavy (non-hydrogen) atoms. The van der Waals surface area contributed by atoms with Crippen LogP contribution in [0.3, 0.4) is 0 Å². The summed E-state index contributed by atoms with van der Waals surface area (Å²) in [5.41, 5.74) is 2.91. The van der Waals surface area contributed by atoms with Crippen LogP contribution in [0.5, 0.6) is 0 Å². The lowest BCUT2D eigenvalue weighted by atomic mass is 10.1. The molecule has 1 aromatic carbocycles. The van der Waals surface area contributed by atoms with Gasteiger partial charge in [-0.15, -0.1) is 10.2 Å². The standard InChI is InChI=1S/C20H20N8O/c1-13-23-26-19-18(21-8-10-28(13)19)27-9-7-15(12-27)22-20(29)17-11-16(24-25-17)14-5-3-2-4-6-14/h2-6,8,10-11,15H,7,9,12H2,1H3,(H,22,29)(H,24,25)/t15-/m0/s1. The van der Waals surface area contributed by atoms with Gasteiger partial charge in [-0.25, -0.2) is 4.98 Å². The number of aromatic amines is 1. The summed E-state index contributed by atoms with van der Waals surface area (Å²) < 4.78 is 1.92. The monoisotopic (exact) mass is 388 g/mol. The van der Waals surface area contributed by atoms with Gasteiger partial charge in [0.25, 0.3) is 5.91 Å². The summed E-state index contributed by atoms with van der Waals surface area (Å²) in [6, 6.07) is 11.6. The second-order valence-corrected chi connectivity index (χ2v) is 7.13. The molecule has 0 bridgehead atoms. The van der Waals surface area contributed by atoms with E-state index in [-0.39, 0.29) is 11.9 Å². The van der Waals surface area contributed by atoms with Gasteiger partial charge in [0.05, 0.1) is 5.69 Å². The van der Waals surface area contributed by atoms with Crippen LogP contribution >= 0.6 is 0 Å². The first-order valence-electron chi connectivity index (χ1n) is 9.52. The average Bonchev–Trinajstić information content (AvgIpc) is 3.49. The van der Waals surface area contributed by atoms with E-state index in [2.05, 4.69) is 35.6 Å². The number of nitrogens with one attached hydrogen (secondary N) is 2. The highest BCUT2D eigenvalue weighted by molar-refractivity contribution is 5.93. The lowest BCUT2D eigenvalue weighted by Gasteiger charge is -2.18. The maximum atomic E-state index is 12.7. The van der Waals surface area contributed by atoms with Gasteiger partial charge < -0.3 is 10.2 Å². The number of anilines is 1. The molecule has 1 amide bonds.